The van der Waals surface area contributed by atoms with E-state index in [1.165, 1.54) is 19.3 Å². The fraction of sp³-hybridized carbons (Fsp3) is 0.923. The summed E-state index contributed by atoms with van der Waals surface area (Å²) in [6.07, 6.45) is 5.37. The molecule has 6 unspecified atom stereocenters. The summed E-state index contributed by atoms with van der Waals surface area (Å²) < 4.78 is 5.29. The van der Waals surface area contributed by atoms with Gasteiger partial charge in [-0.3, -0.25) is 4.79 Å². The second-order valence-corrected chi connectivity index (χ2v) is 5.76. The number of hydrogen-bond acceptors (Lipinski definition) is 3. The van der Waals surface area contributed by atoms with Crippen LogP contribution in [0.15, 0.2) is 0 Å². The van der Waals surface area contributed by atoms with Crippen LogP contribution >= 0.6 is 0 Å². The van der Waals surface area contributed by atoms with E-state index < -0.39 is 0 Å². The van der Waals surface area contributed by atoms with Crippen LogP contribution in [0.4, 0.5) is 0 Å². The van der Waals surface area contributed by atoms with E-state index in [-0.39, 0.29) is 30.0 Å². The zero-order valence-corrected chi connectivity index (χ0v) is 9.76. The van der Waals surface area contributed by atoms with Gasteiger partial charge in [0.25, 0.3) is 0 Å². The van der Waals surface area contributed by atoms with Crippen molar-refractivity contribution in [2.75, 3.05) is 0 Å². The summed E-state index contributed by atoms with van der Waals surface area (Å²) in [4.78, 5) is 11.7. The van der Waals surface area contributed by atoms with E-state index in [2.05, 4.69) is 0 Å². The molecule has 0 amide bonds. The van der Waals surface area contributed by atoms with E-state index >= 15 is 0 Å². The van der Waals surface area contributed by atoms with Gasteiger partial charge in [0.05, 0.1) is 12.0 Å². The minimum atomic E-state index is -0.314. The molecule has 3 heteroatoms. The van der Waals surface area contributed by atoms with Gasteiger partial charge in [0, 0.05) is 5.92 Å². The molecule has 2 aliphatic carbocycles. The van der Waals surface area contributed by atoms with Crippen molar-refractivity contribution in [1.82, 2.24) is 0 Å². The number of aliphatic hydroxyl groups is 1. The van der Waals surface area contributed by atoms with Gasteiger partial charge in [0.1, 0.15) is 6.10 Å². The van der Waals surface area contributed by atoms with Crippen LogP contribution in [0, 0.1) is 23.7 Å². The summed E-state index contributed by atoms with van der Waals surface area (Å²) in [6.45, 7) is 1.93. The number of esters is 1. The molecule has 16 heavy (non-hydrogen) atoms. The lowest BCUT2D eigenvalue weighted by atomic mass is 9.61. The van der Waals surface area contributed by atoms with Crippen LogP contribution in [-0.4, -0.2) is 23.3 Å². The highest BCUT2D eigenvalue weighted by molar-refractivity contribution is 5.75. The average Bonchev–Trinajstić information content (AvgIpc) is 2.55. The van der Waals surface area contributed by atoms with E-state index in [1.54, 1.807) is 0 Å². The van der Waals surface area contributed by atoms with Crippen molar-refractivity contribution in [1.29, 1.82) is 0 Å². The summed E-state index contributed by atoms with van der Waals surface area (Å²) in [7, 11) is 0. The highest BCUT2D eigenvalue weighted by atomic mass is 16.6. The smallest absolute Gasteiger partial charge is 0.309 e. The lowest BCUT2D eigenvalue weighted by molar-refractivity contribution is -0.144. The topological polar surface area (TPSA) is 46.5 Å². The van der Waals surface area contributed by atoms with E-state index in [0.717, 1.165) is 12.8 Å². The van der Waals surface area contributed by atoms with Gasteiger partial charge in [-0.15, -0.1) is 0 Å². The number of rotatable bonds is 0. The number of cyclic esters (lactones) is 1. The molecule has 3 aliphatic rings. The molecular formula is C13H20O3. The first-order valence-corrected chi connectivity index (χ1v) is 6.57. The largest absolute Gasteiger partial charge is 0.462 e. The van der Waals surface area contributed by atoms with Crippen molar-refractivity contribution in [2.24, 2.45) is 23.7 Å². The van der Waals surface area contributed by atoms with Crippen LogP contribution in [0.3, 0.4) is 0 Å². The Hall–Kier alpha value is -0.570. The molecule has 0 aromatic carbocycles. The Morgan fingerprint density at radius 3 is 2.88 bits per heavy atom. The third-order valence-corrected chi connectivity index (χ3v) is 4.97. The lowest BCUT2D eigenvalue weighted by Gasteiger charge is -2.44. The summed E-state index contributed by atoms with van der Waals surface area (Å²) in [5.41, 5.74) is 0. The Morgan fingerprint density at radius 2 is 2.06 bits per heavy atom. The normalized spacial score (nSPS) is 51.8. The van der Waals surface area contributed by atoms with E-state index in [4.69, 9.17) is 4.74 Å². The molecule has 90 valence electrons. The van der Waals surface area contributed by atoms with Crippen LogP contribution in [0.5, 0.6) is 0 Å². The molecule has 0 spiro atoms. The number of aliphatic hydroxyl groups excluding tert-OH is 1. The molecule has 1 saturated heterocycles. The van der Waals surface area contributed by atoms with Gasteiger partial charge in [-0.1, -0.05) is 19.3 Å². The van der Waals surface area contributed by atoms with Gasteiger partial charge in [0.15, 0.2) is 0 Å². The highest BCUT2D eigenvalue weighted by Crippen LogP contribution is 2.49. The van der Waals surface area contributed by atoms with Crippen LogP contribution in [0.25, 0.3) is 0 Å². The molecular weight excluding hydrogens is 204 g/mol. The molecule has 1 N–H and O–H groups in total. The quantitative estimate of drug-likeness (QED) is 0.637. The van der Waals surface area contributed by atoms with Crippen molar-refractivity contribution >= 4 is 5.97 Å². The maximum absolute atomic E-state index is 11.7. The molecule has 0 aromatic heterocycles. The van der Waals surface area contributed by atoms with E-state index in [1.807, 2.05) is 6.92 Å². The summed E-state index contributed by atoms with van der Waals surface area (Å²) in [5.74, 6) is 0.951. The second kappa shape index (κ2) is 3.73. The highest BCUT2D eigenvalue weighted by Gasteiger charge is 2.54. The van der Waals surface area contributed by atoms with Crippen molar-refractivity contribution in [3.63, 3.8) is 0 Å². The van der Waals surface area contributed by atoms with Crippen LogP contribution in [0.2, 0.25) is 0 Å². The molecule has 0 aromatic rings. The zero-order valence-electron chi connectivity index (χ0n) is 9.76. The van der Waals surface area contributed by atoms with Gasteiger partial charge in [0.2, 0.25) is 0 Å². The molecule has 3 fully saturated rings. The molecule has 2 saturated carbocycles. The van der Waals surface area contributed by atoms with Crippen molar-refractivity contribution in [2.45, 2.75) is 51.2 Å². The molecule has 3 nitrogen and oxygen atoms in total. The first-order chi connectivity index (χ1) is 7.68. The van der Waals surface area contributed by atoms with E-state index in [0.29, 0.717) is 11.8 Å². The molecule has 6 atom stereocenters. The Morgan fingerprint density at radius 1 is 1.31 bits per heavy atom. The third-order valence-electron chi connectivity index (χ3n) is 4.97. The van der Waals surface area contributed by atoms with Crippen molar-refractivity contribution in [3.8, 4) is 0 Å². The first-order valence-electron chi connectivity index (χ1n) is 6.57. The standard InChI is InChI=1S/C13H20O3/c1-7-11-10(13(15)16-7)6-8-4-2-3-5-9(8)12(11)14/h7-12,14H,2-6H2,1H3. The van der Waals surface area contributed by atoms with Gasteiger partial charge < -0.3 is 9.84 Å². The van der Waals surface area contributed by atoms with Crippen LogP contribution < -0.4 is 0 Å². The zero-order chi connectivity index (χ0) is 11.3. The number of carbonyl (C=O) groups excluding carboxylic acids is 1. The Balaban J connectivity index is 1.86. The molecule has 3 rings (SSSR count). The number of hydrogen-bond donors (Lipinski definition) is 1. The minimum Gasteiger partial charge on any atom is -0.462 e. The average molecular weight is 224 g/mol. The van der Waals surface area contributed by atoms with Crippen LogP contribution in [0.1, 0.15) is 39.0 Å². The Bertz CT molecular complexity index is 302. The Kier molecular flexibility index (Phi) is 2.46. The Labute approximate surface area is 96.2 Å². The number of fused-ring (bicyclic) bond motifs is 2. The molecule has 1 heterocycles. The number of ether oxygens (including phenoxy) is 1. The fourth-order valence-corrected chi connectivity index (χ4v) is 4.19. The molecule has 1 aliphatic heterocycles. The SMILES string of the molecule is CC1OC(=O)C2CC3CCCCC3C(O)C12. The maximum atomic E-state index is 11.7. The van der Waals surface area contributed by atoms with Gasteiger partial charge in [-0.2, -0.15) is 0 Å². The first kappa shape index (κ1) is 10.6. The maximum Gasteiger partial charge on any atom is 0.309 e. The van der Waals surface area contributed by atoms with Crippen LogP contribution in [-0.2, 0) is 9.53 Å². The van der Waals surface area contributed by atoms with Crippen molar-refractivity contribution in [3.05, 3.63) is 0 Å². The summed E-state index contributed by atoms with van der Waals surface area (Å²) in [6, 6.07) is 0. The monoisotopic (exact) mass is 224 g/mol. The fourth-order valence-electron chi connectivity index (χ4n) is 4.19. The lowest BCUT2D eigenvalue weighted by Crippen LogP contribution is -2.47. The van der Waals surface area contributed by atoms with Gasteiger partial charge in [-0.25, -0.2) is 0 Å². The number of carbonyl (C=O) groups is 1. The van der Waals surface area contributed by atoms with Gasteiger partial charge in [-0.05, 0) is 31.6 Å². The molecule has 0 radical (unpaired) electrons. The summed E-state index contributed by atoms with van der Waals surface area (Å²) in [5, 5.41) is 10.4. The van der Waals surface area contributed by atoms with Crippen molar-refractivity contribution < 1.29 is 14.6 Å². The second-order valence-electron chi connectivity index (χ2n) is 5.76. The van der Waals surface area contributed by atoms with Gasteiger partial charge >= 0.3 is 5.97 Å². The molecule has 0 bridgehead atoms. The minimum absolute atomic E-state index is 0.0238. The summed E-state index contributed by atoms with van der Waals surface area (Å²) >= 11 is 0. The van der Waals surface area contributed by atoms with E-state index in [9.17, 15) is 9.90 Å². The predicted octanol–water partition coefficient (Wildman–Crippen LogP) is 1.74. The predicted molar refractivity (Wildman–Crippen MR) is 58.6 cm³/mol. The third kappa shape index (κ3) is 1.41.